The summed E-state index contributed by atoms with van der Waals surface area (Å²) in [7, 11) is 0. The second-order valence-electron chi connectivity index (χ2n) is 6.81. The molecule has 1 aliphatic rings. The standard InChI is InChI=1S/C20H17F3N4O3/c21-20(22,23)19-25-18(26-30-19)13-4-6-15(7-5-13)29-16-8-10-27(12-16)17(28)11-14-3-1-2-9-24-14/h1-7,9,16H,8,10-12H2. The van der Waals surface area contributed by atoms with Crippen LogP contribution in [-0.2, 0) is 17.4 Å². The lowest BCUT2D eigenvalue weighted by Gasteiger charge is -2.17. The Bertz CT molecular complexity index is 1010. The van der Waals surface area contributed by atoms with Crippen LogP contribution in [0.3, 0.4) is 0 Å². The highest BCUT2D eigenvalue weighted by Gasteiger charge is 2.38. The first-order valence-electron chi connectivity index (χ1n) is 9.24. The van der Waals surface area contributed by atoms with Gasteiger partial charge in [0.25, 0.3) is 0 Å². The van der Waals surface area contributed by atoms with Crippen molar-refractivity contribution < 1.29 is 27.2 Å². The van der Waals surface area contributed by atoms with Gasteiger partial charge in [0, 0.05) is 30.4 Å². The average molecular weight is 418 g/mol. The van der Waals surface area contributed by atoms with Gasteiger partial charge >= 0.3 is 12.1 Å². The molecule has 1 unspecified atom stereocenters. The number of nitrogens with zero attached hydrogens (tertiary/aromatic N) is 4. The van der Waals surface area contributed by atoms with Gasteiger partial charge in [0.1, 0.15) is 11.9 Å². The van der Waals surface area contributed by atoms with Crippen molar-refractivity contribution in [3.8, 4) is 17.1 Å². The largest absolute Gasteiger partial charge is 0.489 e. The van der Waals surface area contributed by atoms with Crippen molar-refractivity contribution in [1.82, 2.24) is 20.0 Å². The fourth-order valence-electron chi connectivity index (χ4n) is 3.15. The van der Waals surface area contributed by atoms with E-state index >= 15 is 0 Å². The first-order valence-corrected chi connectivity index (χ1v) is 9.24. The third-order valence-corrected chi connectivity index (χ3v) is 4.64. The zero-order chi connectivity index (χ0) is 21.1. The summed E-state index contributed by atoms with van der Waals surface area (Å²) in [5.41, 5.74) is 1.10. The highest BCUT2D eigenvalue weighted by atomic mass is 19.4. The molecule has 1 aromatic carbocycles. The van der Waals surface area contributed by atoms with Gasteiger partial charge in [-0.15, -0.1) is 0 Å². The Morgan fingerprint density at radius 2 is 2.00 bits per heavy atom. The molecule has 3 heterocycles. The predicted octanol–water partition coefficient (Wildman–Crippen LogP) is 3.37. The van der Waals surface area contributed by atoms with E-state index in [0.717, 1.165) is 5.69 Å². The monoisotopic (exact) mass is 418 g/mol. The van der Waals surface area contributed by atoms with Gasteiger partial charge in [-0.25, -0.2) is 0 Å². The molecule has 0 bridgehead atoms. The number of ether oxygens (including phenoxy) is 1. The normalized spacial score (nSPS) is 16.6. The molecule has 1 saturated heterocycles. The molecule has 10 heteroatoms. The van der Waals surface area contributed by atoms with Crippen molar-refractivity contribution >= 4 is 5.91 Å². The van der Waals surface area contributed by atoms with Gasteiger partial charge < -0.3 is 14.2 Å². The Morgan fingerprint density at radius 1 is 1.20 bits per heavy atom. The number of aromatic nitrogens is 3. The van der Waals surface area contributed by atoms with Crippen molar-refractivity contribution in [2.75, 3.05) is 13.1 Å². The number of likely N-dealkylation sites (tertiary alicyclic amines) is 1. The average Bonchev–Trinajstić information content (AvgIpc) is 3.39. The van der Waals surface area contributed by atoms with E-state index in [4.69, 9.17) is 4.74 Å². The molecular formula is C20H17F3N4O3. The summed E-state index contributed by atoms with van der Waals surface area (Å²) in [5.74, 6) is -1.00. The summed E-state index contributed by atoms with van der Waals surface area (Å²) in [6, 6.07) is 11.8. The highest BCUT2D eigenvalue weighted by Crippen LogP contribution is 2.30. The van der Waals surface area contributed by atoms with Crippen LogP contribution in [0.25, 0.3) is 11.4 Å². The first-order chi connectivity index (χ1) is 14.4. The van der Waals surface area contributed by atoms with Crippen LogP contribution in [0.5, 0.6) is 5.75 Å². The molecule has 1 fully saturated rings. The van der Waals surface area contributed by atoms with Gasteiger partial charge in [-0.2, -0.15) is 18.2 Å². The Balaban J connectivity index is 1.33. The zero-order valence-corrected chi connectivity index (χ0v) is 15.7. The van der Waals surface area contributed by atoms with Crippen LogP contribution in [0, 0.1) is 0 Å². The van der Waals surface area contributed by atoms with Crippen molar-refractivity contribution in [2.24, 2.45) is 0 Å². The number of carbonyl (C=O) groups excluding carboxylic acids is 1. The molecule has 156 valence electrons. The molecule has 4 rings (SSSR count). The van der Waals surface area contributed by atoms with Crippen molar-refractivity contribution in [2.45, 2.75) is 25.1 Å². The number of pyridine rings is 1. The van der Waals surface area contributed by atoms with E-state index < -0.39 is 12.1 Å². The number of alkyl halides is 3. The van der Waals surface area contributed by atoms with Crippen LogP contribution in [0.1, 0.15) is 18.0 Å². The van der Waals surface area contributed by atoms with Gasteiger partial charge in [-0.05, 0) is 36.4 Å². The third-order valence-electron chi connectivity index (χ3n) is 4.64. The Hall–Kier alpha value is -3.43. The quantitative estimate of drug-likeness (QED) is 0.632. The molecule has 1 atom stereocenters. The summed E-state index contributed by atoms with van der Waals surface area (Å²) in [5, 5.41) is 3.35. The molecule has 3 aromatic rings. The minimum atomic E-state index is -4.68. The SMILES string of the molecule is O=C(Cc1ccccn1)N1CCC(Oc2ccc(-c3noc(C(F)(F)F)n3)cc2)C1. The lowest BCUT2D eigenvalue weighted by Crippen LogP contribution is -2.32. The maximum Gasteiger partial charge on any atom is 0.471 e. The minimum Gasteiger partial charge on any atom is -0.489 e. The smallest absolute Gasteiger partial charge is 0.471 e. The third kappa shape index (κ3) is 4.58. The minimum absolute atomic E-state index is 0.00674. The van der Waals surface area contributed by atoms with Gasteiger partial charge in [0.05, 0.1) is 13.0 Å². The molecule has 2 aromatic heterocycles. The number of benzene rings is 1. The van der Waals surface area contributed by atoms with Gasteiger partial charge in [0.15, 0.2) is 0 Å². The second-order valence-corrected chi connectivity index (χ2v) is 6.81. The maximum atomic E-state index is 12.6. The van der Waals surface area contributed by atoms with E-state index in [9.17, 15) is 18.0 Å². The van der Waals surface area contributed by atoms with Gasteiger partial charge in [-0.1, -0.05) is 11.2 Å². The molecule has 1 amide bonds. The number of amides is 1. The van der Waals surface area contributed by atoms with E-state index in [1.165, 1.54) is 0 Å². The second kappa shape index (κ2) is 8.13. The fraction of sp³-hybridized carbons (Fsp3) is 0.300. The maximum absolute atomic E-state index is 12.6. The van der Waals surface area contributed by atoms with E-state index in [-0.39, 0.29) is 24.3 Å². The molecule has 0 aliphatic carbocycles. The number of carbonyl (C=O) groups is 1. The molecule has 0 saturated carbocycles. The van der Waals surface area contributed by atoms with E-state index in [0.29, 0.717) is 30.8 Å². The van der Waals surface area contributed by atoms with Crippen molar-refractivity contribution in [3.05, 3.63) is 60.2 Å². The zero-order valence-electron chi connectivity index (χ0n) is 15.7. The van der Waals surface area contributed by atoms with Crippen LogP contribution in [0.4, 0.5) is 13.2 Å². The van der Waals surface area contributed by atoms with Crippen LogP contribution >= 0.6 is 0 Å². The lowest BCUT2D eigenvalue weighted by molar-refractivity contribution is -0.159. The van der Waals surface area contributed by atoms with Crippen molar-refractivity contribution in [3.63, 3.8) is 0 Å². The Labute approximate surface area is 169 Å². The first kappa shape index (κ1) is 19.9. The summed E-state index contributed by atoms with van der Waals surface area (Å²) in [4.78, 5) is 21.7. The van der Waals surface area contributed by atoms with Crippen LogP contribution in [-0.4, -0.2) is 45.1 Å². The molecule has 0 N–H and O–H groups in total. The molecule has 0 radical (unpaired) electrons. The van der Waals surface area contributed by atoms with E-state index in [1.54, 1.807) is 41.4 Å². The number of rotatable bonds is 5. The van der Waals surface area contributed by atoms with E-state index in [1.807, 2.05) is 12.1 Å². The fourth-order valence-corrected chi connectivity index (χ4v) is 3.15. The summed E-state index contributed by atoms with van der Waals surface area (Å²) in [6.45, 7) is 1.06. The summed E-state index contributed by atoms with van der Waals surface area (Å²) in [6.07, 6.45) is -2.26. The highest BCUT2D eigenvalue weighted by molar-refractivity contribution is 5.78. The summed E-state index contributed by atoms with van der Waals surface area (Å²) < 4.78 is 47.9. The van der Waals surface area contributed by atoms with Crippen LogP contribution < -0.4 is 4.74 Å². The van der Waals surface area contributed by atoms with Crippen LogP contribution in [0.15, 0.2) is 53.2 Å². The van der Waals surface area contributed by atoms with Gasteiger partial charge in [-0.3, -0.25) is 9.78 Å². The lowest BCUT2D eigenvalue weighted by atomic mass is 10.2. The topological polar surface area (TPSA) is 81.4 Å². The molecule has 0 spiro atoms. The molecular weight excluding hydrogens is 401 g/mol. The van der Waals surface area contributed by atoms with E-state index in [2.05, 4.69) is 19.6 Å². The Kier molecular flexibility index (Phi) is 5.39. The molecule has 1 aliphatic heterocycles. The molecule has 7 nitrogen and oxygen atoms in total. The number of halogens is 3. The summed E-state index contributed by atoms with van der Waals surface area (Å²) >= 11 is 0. The van der Waals surface area contributed by atoms with Crippen LogP contribution in [0.2, 0.25) is 0 Å². The van der Waals surface area contributed by atoms with Crippen molar-refractivity contribution in [1.29, 1.82) is 0 Å². The molecule has 30 heavy (non-hydrogen) atoms. The number of hydrogen-bond acceptors (Lipinski definition) is 6. The van der Waals surface area contributed by atoms with Gasteiger partial charge in [0.2, 0.25) is 11.7 Å². The predicted molar refractivity (Wildman–Crippen MR) is 98.3 cm³/mol. The Morgan fingerprint density at radius 3 is 2.67 bits per heavy atom. The number of hydrogen-bond donors (Lipinski definition) is 0.